The average Bonchev–Trinajstić information content (AvgIpc) is 2.29. The van der Waals surface area contributed by atoms with Crippen molar-refractivity contribution >= 4 is 5.82 Å². The Morgan fingerprint density at radius 1 is 1.11 bits per heavy atom. The number of alkyl halides is 3. The molecule has 5 heteroatoms. The molecule has 1 aromatic carbocycles. The van der Waals surface area contributed by atoms with E-state index in [1.165, 1.54) is 12.3 Å². The number of benzene rings is 1. The number of nitrogen functional groups attached to an aromatic ring is 1. The Hall–Kier alpha value is -2.04. The summed E-state index contributed by atoms with van der Waals surface area (Å²) >= 11 is 0. The first-order valence-corrected chi connectivity index (χ1v) is 5.28. The van der Waals surface area contributed by atoms with E-state index in [0.717, 1.165) is 12.1 Å². The summed E-state index contributed by atoms with van der Waals surface area (Å²) in [6.07, 6.45) is -2.79. The van der Waals surface area contributed by atoms with Gasteiger partial charge in [-0.25, -0.2) is 4.98 Å². The van der Waals surface area contributed by atoms with Crippen LogP contribution in [0.4, 0.5) is 19.0 Å². The number of nitrogens with two attached hydrogens (primary N) is 1. The molecule has 1 heterocycles. The minimum absolute atomic E-state index is 0.306. The van der Waals surface area contributed by atoms with Crippen molar-refractivity contribution in [3.8, 4) is 11.1 Å². The Bertz CT molecular complexity index is 577. The van der Waals surface area contributed by atoms with E-state index in [-0.39, 0.29) is 0 Å². The third kappa shape index (κ3) is 2.30. The minimum Gasteiger partial charge on any atom is -0.383 e. The molecule has 0 saturated carbocycles. The largest absolute Gasteiger partial charge is 0.416 e. The zero-order valence-electron chi connectivity index (χ0n) is 9.62. The first-order chi connectivity index (χ1) is 8.39. The fraction of sp³-hybridized carbons (Fsp3) is 0.154. The second-order valence-electron chi connectivity index (χ2n) is 3.96. The van der Waals surface area contributed by atoms with E-state index in [9.17, 15) is 13.2 Å². The van der Waals surface area contributed by atoms with Crippen molar-refractivity contribution in [3.05, 3.63) is 47.7 Å². The third-order valence-corrected chi connectivity index (χ3v) is 2.68. The van der Waals surface area contributed by atoms with Crippen LogP contribution in [0.1, 0.15) is 11.1 Å². The molecule has 1 aromatic heterocycles. The van der Waals surface area contributed by atoms with Gasteiger partial charge >= 0.3 is 6.18 Å². The molecular formula is C13H11F3N2. The van der Waals surface area contributed by atoms with E-state index in [4.69, 9.17) is 5.73 Å². The summed E-state index contributed by atoms with van der Waals surface area (Å²) in [5, 5.41) is 0. The van der Waals surface area contributed by atoms with Crippen molar-refractivity contribution in [3.63, 3.8) is 0 Å². The standard InChI is InChI=1S/C13H11F3N2/c1-8-7-9(13(14,15)16)4-5-10(8)11-3-2-6-18-12(11)17/h2-7H,1H3,(H2,17,18). The number of aromatic nitrogens is 1. The number of nitrogens with zero attached hydrogens (tertiary/aromatic N) is 1. The van der Waals surface area contributed by atoms with Crippen LogP contribution in [0.5, 0.6) is 0 Å². The van der Waals surface area contributed by atoms with Crippen molar-refractivity contribution in [1.82, 2.24) is 4.98 Å². The molecule has 0 unspecified atom stereocenters. The van der Waals surface area contributed by atoms with Gasteiger partial charge in [0.05, 0.1) is 5.56 Å². The second-order valence-corrected chi connectivity index (χ2v) is 3.96. The molecule has 18 heavy (non-hydrogen) atoms. The maximum atomic E-state index is 12.5. The van der Waals surface area contributed by atoms with Crippen molar-refractivity contribution in [2.45, 2.75) is 13.1 Å². The Balaban J connectivity index is 2.52. The van der Waals surface area contributed by atoms with Crippen LogP contribution in [0.3, 0.4) is 0 Å². The van der Waals surface area contributed by atoms with Crippen molar-refractivity contribution in [2.75, 3.05) is 5.73 Å². The predicted octanol–water partition coefficient (Wildman–Crippen LogP) is 3.66. The fourth-order valence-electron chi connectivity index (χ4n) is 1.79. The predicted molar refractivity (Wildman–Crippen MR) is 63.8 cm³/mol. The summed E-state index contributed by atoms with van der Waals surface area (Å²) in [4.78, 5) is 3.92. The lowest BCUT2D eigenvalue weighted by atomic mass is 9.99. The van der Waals surface area contributed by atoms with Crippen molar-refractivity contribution in [2.24, 2.45) is 0 Å². The summed E-state index contributed by atoms with van der Waals surface area (Å²) in [5.41, 5.74) is 6.87. The quantitative estimate of drug-likeness (QED) is 0.841. The molecule has 0 atom stereocenters. The van der Waals surface area contributed by atoms with Crippen LogP contribution in [-0.4, -0.2) is 4.98 Å². The Morgan fingerprint density at radius 3 is 2.39 bits per heavy atom. The number of hydrogen-bond donors (Lipinski definition) is 1. The smallest absolute Gasteiger partial charge is 0.383 e. The maximum Gasteiger partial charge on any atom is 0.416 e. The molecular weight excluding hydrogens is 241 g/mol. The number of anilines is 1. The van der Waals surface area contributed by atoms with Gasteiger partial charge in [-0.2, -0.15) is 13.2 Å². The highest BCUT2D eigenvalue weighted by Gasteiger charge is 2.30. The zero-order chi connectivity index (χ0) is 13.3. The lowest BCUT2D eigenvalue weighted by Crippen LogP contribution is -2.05. The van der Waals surface area contributed by atoms with Crippen LogP contribution in [0.15, 0.2) is 36.5 Å². The van der Waals surface area contributed by atoms with Crippen molar-refractivity contribution < 1.29 is 13.2 Å². The van der Waals surface area contributed by atoms with Gasteiger partial charge in [0.1, 0.15) is 5.82 Å². The van der Waals surface area contributed by atoms with Crippen LogP contribution < -0.4 is 5.73 Å². The van der Waals surface area contributed by atoms with E-state index < -0.39 is 11.7 Å². The molecule has 0 amide bonds. The van der Waals surface area contributed by atoms with Crippen LogP contribution in [0.2, 0.25) is 0 Å². The first-order valence-electron chi connectivity index (χ1n) is 5.28. The molecule has 0 bridgehead atoms. The topological polar surface area (TPSA) is 38.9 Å². The highest BCUT2D eigenvalue weighted by Crippen LogP contribution is 2.34. The van der Waals surface area contributed by atoms with E-state index >= 15 is 0 Å². The molecule has 0 spiro atoms. The Morgan fingerprint density at radius 2 is 1.83 bits per heavy atom. The number of aryl methyl sites for hydroxylation is 1. The van der Waals surface area contributed by atoms with E-state index in [1.807, 2.05) is 0 Å². The van der Waals surface area contributed by atoms with Crippen LogP contribution in [0.25, 0.3) is 11.1 Å². The summed E-state index contributed by atoms with van der Waals surface area (Å²) < 4.78 is 37.6. The highest BCUT2D eigenvalue weighted by atomic mass is 19.4. The highest BCUT2D eigenvalue weighted by molar-refractivity contribution is 5.76. The number of hydrogen-bond acceptors (Lipinski definition) is 2. The molecule has 0 saturated heterocycles. The van der Waals surface area contributed by atoms with Gasteiger partial charge in [-0.1, -0.05) is 6.07 Å². The Labute approximate surface area is 102 Å². The van der Waals surface area contributed by atoms with Crippen LogP contribution >= 0.6 is 0 Å². The monoisotopic (exact) mass is 252 g/mol. The lowest BCUT2D eigenvalue weighted by Gasteiger charge is -2.12. The molecule has 2 aromatic rings. The van der Waals surface area contributed by atoms with E-state index in [2.05, 4.69) is 4.98 Å². The summed E-state index contributed by atoms with van der Waals surface area (Å²) in [6, 6.07) is 7.02. The summed E-state index contributed by atoms with van der Waals surface area (Å²) in [5.74, 6) is 0.306. The average molecular weight is 252 g/mol. The minimum atomic E-state index is -4.33. The molecule has 2 rings (SSSR count). The van der Waals surface area contributed by atoms with Gasteiger partial charge < -0.3 is 5.73 Å². The Kier molecular flexibility index (Phi) is 2.98. The molecule has 0 radical (unpaired) electrons. The van der Waals surface area contributed by atoms with Gasteiger partial charge in [0, 0.05) is 11.8 Å². The summed E-state index contributed by atoms with van der Waals surface area (Å²) in [6.45, 7) is 1.62. The second kappa shape index (κ2) is 4.33. The molecule has 2 N–H and O–H groups in total. The number of halogens is 3. The zero-order valence-corrected chi connectivity index (χ0v) is 9.62. The van der Waals surface area contributed by atoms with Gasteiger partial charge in [0.2, 0.25) is 0 Å². The SMILES string of the molecule is Cc1cc(C(F)(F)F)ccc1-c1cccnc1N. The van der Waals surface area contributed by atoms with Gasteiger partial charge in [0.25, 0.3) is 0 Å². The number of rotatable bonds is 1. The van der Waals surface area contributed by atoms with Gasteiger partial charge in [-0.3, -0.25) is 0 Å². The molecule has 0 aliphatic heterocycles. The fourth-order valence-corrected chi connectivity index (χ4v) is 1.79. The van der Waals surface area contributed by atoms with E-state index in [1.54, 1.807) is 19.1 Å². The van der Waals surface area contributed by atoms with Crippen molar-refractivity contribution in [1.29, 1.82) is 0 Å². The van der Waals surface area contributed by atoms with Crippen LogP contribution in [-0.2, 0) is 6.18 Å². The summed E-state index contributed by atoms with van der Waals surface area (Å²) in [7, 11) is 0. The molecule has 2 nitrogen and oxygen atoms in total. The van der Waals surface area contributed by atoms with E-state index in [0.29, 0.717) is 22.5 Å². The molecule has 94 valence electrons. The normalized spacial score (nSPS) is 11.6. The van der Waals surface area contributed by atoms with Gasteiger partial charge in [-0.05, 0) is 42.3 Å². The maximum absolute atomic E-state index is 12.5. The first kappa shape index (κ1) is 12.4. The van der Waals surface area contributed by atoms with Crippen LogP contribution in [0, 0.1) is 6.92 Å². The molecule has 0 aliphatic carbocycles. The third-order valence-electron chi connectivity index (χ3n) is 2.68. The number of pyridine rings is 1. The van der Waals surface area contributed by atoms with Gasteiger partial charge in [0.15, 0.2) is 0 Å². The molecule has 0 aliphatic rings. The lowest BCUT2D eigenvalue weighted by molar-refractivity contribution is -0.137. The van der Waals surface area contributed by atoms with Gasteiger partial charge in [-0.15, -0.1) is 0 Å². The molecule has 0 fully saturated rings.